The third-order valence-corrected chi connectivity index (χ3v) is 4.31. The number of alkyl halides is 3. The normalized spacial score (nSPS) is 16.7. The van der Waals surface area contributed by atoms with E-state index in [2.05, 4.69) is 5.10 Å². The molecule has 0 spiro atoms. The first kappa shape index (κ1) is 19.6. The minimum Gasteiger partial charge on any atom is -0.423 e. The number of hydrogen-bond donors (Lipinski definition) is 0. The van der Waals surface area contributed by atoms with Gasteiger partial charge in [-0.2, -0.15) is 18.3 Å². The Morgan fingerprint density at radius 3 is 2.21 bits per heavy atom. The van der Waals surface area contributed by atoms with Gasteiger partial charge in [-0.15, -0.1) is 0 Å². The van der Waals surface area contributed by atoms with Gasteiger partial charge in [0.05, 0.1) is 17.2 Å². The number of rotatable bonds is 3. The number of carbonyl (C=O) groups excluding carboxylic acids is 2. The molecule has 0 bridgehead atoms. The molecule has 1 aliphatic heterocycles. The third kappa shape index (κ3) is 4.21. The quantitative estimate of drug-likeness (QED) is 0.569. The fraction of sp³-hybridized carbons (Fsp3) is 0.250. The van der Waals surface area contributed by atoms with Crippen LogP contribution >= 0.6 is 0 Å². The van der Waals surface area contributed by atoms with Gasteiger partial charge in [0.25, 0.3) is 0 Å². The van der Waals surface area contributed by atoms with Crippen LogP contribution in [0.4, 0.5) is 13.2 Å². The van der Waals surface area contributed by atoms with Gasteiger partial charge in [-0.3, -0.25) is 4.79 Å². The van der Waals surface area contributed by atoms with E-state index in [1.165, 1.54) is 11.9 Å². The summed E-state index contributed by atoms with van der Waals surface area (Å²) in [5, 5.41) is 5.63. The molecule has 1 atom stereocenters. The summed E-state index contributed by atoms with van der Waals surface area (Å²) < 4.78 is 43.0. The molecule has 0 radical (unpaired) electrons. The highest BCUT2D eigenvalue weighted by Crippen LogP contribution is 2.32. The number of hydrazone groups is 1. The molecular weight excluding hydrogens is 373 g/mol. The Hall–Kier alpha value is -3.16. The molecule has 28 heavy (non-hydrogen) atoms. The van der Waals surface area contributed by atoms with Crippen LogP contribution in [0.15, 0.2) is 53.6 Å². The molecule has 1 heterocycles. The van der Waals surface area contributed by atoms with Crippen molar-refractivity contribution in [2.24, 2.45) is 5.10 Å². The van der Waals surface area contributed by atoms with Gasteiger partial charge < -0.3 is 4.74 Å². The van der Waals surface area contributed by atoms with Crippen LogP contribution in [0.5, 0.6) is 5.75 Å². The Balaban J connectivity index is 1.69. The second kappa shape index (κ2) is 7.46. The number of halogens is 3. The SMILES string of the molecule is CC(=O)N1N=C(C)CC1c1ccc(OC(=O)c2ccc(C(F)(F)F)cc2)cc1. The van der Waals surface area contributed by atoms with E-state index in [9.17, 15) is 22.8 Å². The lowest BCUT2D eigenvalue weighted by molar-refractivity contribution is -0.137. The maximum absolute atomic E-state index is 12.6. The molecule has 0 saturated heterocycles. The van der Waals surface area contributed by atoms with Crippen molar-refractivity contribution in [2.45, 2.75) is 32.5 Å². The Labute approximate surface area is 159 Å². The van der Waals surface area contributed by atoms with Gasteiger partial charge in [0.2, 0.25) is 5.91 Å². The fourth-order valence-electron chi connectivity index (χ4n) is 2.93. The maximum Gasteiger partial charge on any atom is 0.416 e. The summed E-state index contributed by atoms with van der Waals surface area (Å²) in [4.78, 5) is 23.8. The minimum atomic E-state index is -4.46. The summed E-state index contributed by atoms with van der Waals surface area (Å²) in [5.41, 5.74) is 0.861. The molecule has 5 nitrogen and oxygen atoms in total. The Morgan fingerprint density at radius 1 is 1.07 bits per heavy atom. The number of ether oxygens (including phenoxy) is 1. The molecule has 1 unspecified atom stereocenters. The fourth-order valence-corrected chi connectivity index (χ4v) is 2.93. The average Bonchev–Trinajstić information content (AvgIpc) is 3.04. The van der Waals surface area contributed by atoms with Crippen LogP contribution < -0.4 is 4.74 Å². The predicted molar refractivity (Wildman–Crippen MR) is 95.8 cm³/mol. The number of esters is 1. The van der Waals surface area contributed by atoms with E-state index in [1.54, 1.807) is 24.3 Å². The molecule has 146 valence electrons. The largest absolute Gasteiger partial charge is 0.423 e. The van der Waals surface area contributed by atoms with Crippen molar-refractivity contribution in [3.63, 3.8) is 0 Å². The van der Waals surface area contributed by atoms with Crippen LogP contribution in [0.3, 0.4) is 0 Å². The molecule has 0 N–H and O–H groups in total. The van der Waals surface area contributed by atoms with E-state index < -0.39 is 17.7 Å². The van der Waals surface area contributed by atoms with Crippen molar-refractivity contribution in [3.8, 4) is 5.75 Å². The molecule has 2 aromatic rings. The van der Waals surface area contributed by atoms with Crippen molar-refractivity contribution < 1.29 is 27.5 Å². The van der Waals surface area contributed by atoms with Gasteiger partial charge in [0.15, 0.2) is 0 Å². The topological polar surface area (TPSA) is 59.0 Å². The van der Waals surface area contributed by atoms with Crippen LogP contribution in [-0.4, -0.2) is 22.6 Å². The zero-order valence-electron chi connectivity index (χ0n) is 15.2. The van der Waals surface area contributed by atoms with E-state index >= 15 is 0 Å². The van der Waals surface area contributed by atoms with Crippen LogP contribution in [-0.2, 0) is 11.0 Å². The van der Waals surface area contributed by atoms with E-state index in [-0.39, 0.29) is 23.3 Å². The highest BCUT2D eigenvalue weighted by Gasteiger charge is 2.30. The first-order chi connectivity index (χ1) is 13.1. The van der Waals surface area contributed by atoms with E-state index in [0.717, 1.165) is 35.5 Å². The molecule has 0 aliphatic carbocycles. The van der Waals surface area contributed by atoms with Crippen molar-refractivity contribution in [3.05, 3.63) is 65.2 Å². The summed E-state index contributed by atoms with van der Waals surface area (Å²) in [6.07, 6.45) is -3.85. The van der Waals surface area contributed by atoms with Crippen LogP contribution in [0.2, 0.25) is 0 Å². The standard InChI is InChI=1S/C20H17F3N2O3/c1-12-11-18(25(24-12)13(2)26)14-5-9-17(10-6-14)28-19(27)15-3-7-16(8-4-15)20(21,22)23/h3-10,18H,11H2,1-2H3. The molecule has 0 aromatic heterocycles. The smallest absolute Gasteiger partial charge is 0.416 e. The lowest BCUT2D eigenvalue weighted by Gasteiger charge is -2.20. The number of nitrogens with zero attached hydrogens (tertiary/aromatic N) is 2. The first-order valence-electron chi connectivity index (χ1n) is 8.48. The van der Waals surface area contributed by atoms with Crippen LogP contribution in [0, 0.1) is 0 Å². The molecular formula is C20H17F3N2O3. The lowest BCUT2D eigenvalue weighted by Crippen LogP contribution is -2.24. The lowest BCUT2D eigenvalue weighted by atomic mass is 10.0. The molecule has 8 heteroatoms. The van der Waals surface area contributed by atoms with Gasteiger partial charge in [-0.25, -0.2) is 9.80 Å². The van der Waals surface area contributed by atoms with Gasteiger partial charge in [-0.05, 0) is 48.9 Å². The molecule has 1 aliphatic rings. The Bertz CT molecular complexity index is 919. The van der Waals surface area contributed by atoms with Gasteiger partial charge in [0.1, 0.15) is 5.75 Å². The summed E-state index contributed by atoms with van der Waals surface area (Å²) in [7, 11) is 0. The molecule has 0 fully saturated rings. The number of carbonyl (C=O) groups is 2. The van der Waals surface area contributed by atoms with Crippen molar-refractivity contribution >= 4 is 17.6 Å². The molecule has 1 amide bonds. The number of amides is 1. The molecule has 3 rings (SSSR count). The van der Waals surface area contributed by atoms with Gasteiger partial charge >= 0.3 is 12.1 Å². The number of hydrogen-bond acceptors (Lipinski definition) is 4. The van der Waals surface area contributed by atoms with Crippen molar-refractivity contribution in [1.29, 1.82) is 0 Å². The predicted octanol–water partition coefficient (Wildman–Crippen LogP) is 4.59. The summed E-state index contributed by atoms with van der Waals surface area (Å²) in [6, 6.07) is 10.2. The summed E-state index contributed by atoms with van der Waals surface area (Å²) in [5.74, 6) is -0.676. The van der Waals surface area contributed by atoms with E-state index in [1.807, 2.05) is 6.92 Å². The highest BCUT2D eigenvalue weighted by molar-refractivity contribution is 5.91. The number of benzene rings is 2. The van der Waals surface area contributed by atoms with E-state index in [4.69, 9.17) is 4.74 Å². The van der Waals surface area contributed by atoms with Gasteiger partial charge in [-0.1, -0.05) is 12.1 Å². The Morgan fingerprint density at radius 2 is 1.68 bits per heavy atom. The second-order valence-electron chi connectivity index (χ2n) is 6.45. The average molecular weight is 390 g/mol. The zero-order chi connectivity index (χ0) is 20.5. The van der Waals surface area contributed by atoms with Crippen LogP contribution in [0.1, 0.15) is 47.8 Å². The second-order valence-corrected chi connectivity index (χ2v) is 6.45. The van der Waals surface area contributed by atoms with Gasteiger partial charge in [0, 0.05) is 19.1 Å². The first-order valence-corrected chi connectivity index (χ1v) is 8.48. The van der Waals surface area contributed by atoms with Crippen LogP contribution in [0.25, 0.3) is 0 Å². The Kier molecular flexibility index (Phi) is 5.22. The van der Waals surface area contributed by atoms with Crippen molar-refractivity contribution in [2.75, 3.05) is 0 Å². The monoisotopic (exact) mass is 390 g/mol. The third-order valence-electron chi connectivity index (χ3n) is 4.31. The molecule has 2 aromatic carbocycles. The highest BCUT2D eigenvalue weighted by atomic mass is 19.4. The molecule has 0 saturated carbocycles. The van der Waals surface area contributed by atoms with E-state index in [0.29, 0.717) is 6.42 Å². The minimum absolute atomic E-state index is 0.0136. The summed E-state index contributed by atoms with van der Waals surface area (Å²) in [6.45, 7) is 3.28. The zero-order valence-corrected chi connectivity index (χ0v) is 15.2. The van der Waals surface area contributed by atoms with Crippen molar-refractivity contribution in [1.82, 2.24) is 5.01 Å². The summed E-state index contributed by atoms with van der Waals surface area (Å²) >= 11 is 0. The maximum atomic E-state index is 12.6.